The van der Waals surface area contributed by atoms with E-state index in [2.05, 4.69) is 6.07 Å². The van der Waals surface area contributed by atoms with Gasteiger partial charge in [-0.15, -0.1) is 0 Å². The van der Waals surface area contributed by atoms with Crippen molar-refractivity contribution in [3.63, 3.8) is 0 Å². The zero-order valence-corrected chi connectivity index (χ0v) is 8.94. The molecule has 1 aromatic heterocycles. The molecule has 1 aromatic carbocycles. The second-order valence-corrected chi connectivity index (χ2v) is 3.58. The van der Waals surface area contributed by atoms with Crippen LogP contribution >= 0.6 is 0 Å². The number of aromatic nitrogens is 1. The second kappa shape index (κ2) is 4.03. The highest BCUT2D eigenvalue weighted by Crippen LogP contribution is 2.17. The van der Waals surface area contributed by atoms with Crippen molar-refractivity contribution < 1.29 is 0 Å². The van der Waals surface area contributed by atoms with Gasteiger partial charge in [-0.2, -0.15) is 5.26 Å². The molecule has 0 aliphatic heterocycles. The molecule has 0 saturated carbocycles. The van der Waals surface area contributed by atoms with Gasteiger partial charge in [-0.1, -0.05) is 18.2 Å². The molecule has 0 radical (unpaired) electrons. The Morgan fingerprint density at radius 3 is 2.62 bits per heavy atom. The lowest BCUT2D eigenvalue weighted by atomic mass is 10.2. The lowest BCUT2D eigenvalue weighted by molar-refractivity contribution is 1.06. The van der Waals surface area contributed by atoms with Crippen LogP contribution in [0.5, 0.6) is 0 Å². The Kier molecular flexibility index (Phi) is 2.57. The zero-order chi connectivity index (χ0) is 11.5. The summed E-state index contributed by atoms with van der Waals surface area (Å²) in [5, 5.41) is 16.1. The third-order valence-corrected chi connectivity index (χ3v) is 2.53. The molecule has 0 spiro atoms. The molecular formula is C13H11N3. The number of nitriles is 1. The minimum atomic E-state index is 0.526. The van der Waals surface area contributed by atoms with E-state index in [4.69, 9.17) is 10.7 Å². The zero-order valence-electron chi connectivity index (χ0n) is 8.94. The molecule has 2 rings (SSSR count). The minimum Gasteiger partial charge on any atom is -0.322 e. The summed E-state index contributed by atoms with van der Waals surface area (Å²) in [4.78, 5) is 0. The van der Waals surface area contributed by atoms with Crippen molar-refractivity contribution in [2.24, 2.45) is 0 Å². The summed E-state index contributed by atoms with van der Waals surface area (Å²) < 4.78 is 1.88. The van der Waals surface area contributed by atoms with E-state index in [9.17, 15) is 0 Å². The highest BCUT2D eigenvalue weighted by Gasteiger charge is 2.06. The molecule has 0 fully saturated rings. The van der Waals surface area contributed by atoms with Gasteiger partial charge in [-0.05, 0) is 18.6 Å². The predicted octanol–water partition coefficient (Wildman–Crippen LogP) is 2.66. The molecule has 1 heterocycles. The van der Waals surface area contributed by atoms with Crippen LogP contribution in [0.1, 0.15) is 16.7 Å². The standard InChI is InChI=1S/C13H11N3/c1-10-4-2-3-5-13(10)16-8-11(6-14)12(7-15)9-16/h2-6,8-9,14H,1H3. The number of hydrogen-bond donors (Lipinski definition) is 1. The Hall–Kier alpha value is -2.34. The molecular weight excluding hydrogens is 198 g/mol. The van der Waals surface area contributed by atoms with E-state index < -0.39 is 0 Å². The van der Waals surface area contributed by atoms with Crippen LogP contribution in [0.3, 0.4) is 0 Å². The number of aryl methyl sites for hydroxylation is 1. The first-order chi connectivity index (χ1) is 7.76. The fourth-order valence-corrected chi connectivity index (χ4v) is 1.67. The molecule has 0 unspecified atom stereocenters. The van der Waals surface area contributed by atoms with Crippen molar-refractivity contribution >= 4 is 6.21 Å². The largest absolute Gasteiger partial charge is 0.322 e. The topological polar surface area (TPSA) is 52.6 Å². The van der Waals surface area contributed by atoms with Crippen LogP contribution in [0.4, 0.5) is 0 Å². The molecule has 1 N–H and O–H groups in total. The third-order valence-electron chi connectivity index (χ3n) is 2.53. The Morgan fingerprint density at radius 1 is 1.31 bits per heavy atom. The normalized spacial score (nSPS) is 9.75. The van der Waals surface area contributed by atoms with E-state index >= 15 is 0 Å². The Labute approximate surface area is 94.1 Å². The van der Waals surface area contributed by atoms with E-state index in [1.807, 2.05) is 35.8 Å². The van der Waals surface area contributed by atoms with E-state index in [0.717, 1.165) is 11.3 Å². The van der Waals surface area contributed by atoms with Gasteiger partial charge in [0.2, 0.25) is 0 Å². The van der Waals surface area contributed by atoms with Crippen molar-refractivity contribution in [2.45, 2.75) is 6.92 Å². The average Bonchev–Trinajstić information content (AvgIpc) is 2.72. The van der Waals surface area contributed by atoms with Gasteiger partial charge in [0.05, 0.1) is 5.56 Å². The van der Waals surface area contributed by atoms with E-state index in [-0.39, 0.29) is 0 Å². The first-order valence-electron chi connectivity index (χ1n) is 4.95. The molecule has 3 nitrogen and oxygen atoms in total. The summed E-state index contributed by atoms with van der Waals surface area (Å²) in [6, 6.07) is 10.0. The third kappa shape index (κ3) is 1.61. The number of nitrogens with one attached hydrogen (secondary N) is 1. The summed E-state index contributed by atoms with van der Waals surface area (Å²) in [5.74, 6) is 0. The monoisotopic (exact) mass is 209 g/mol. The van der Waals surface area contributed by atoms with Crippen LogP contribution in [0.2, 0.25) is 0 Å². The minimum absolute atomic E-state index is 0.526. The van der Waals surface area contributed by atoms with E-state index in [1.165, 1.54) is 6.21 Å². The Balaban J connectivity index is 2.58. The Bertz CT molecular complexity index is 573. The number of para-hydroxylation sites is 1. The molecule has 0 atom stereocenters. The first-order valence-corrected chi connectivity index (χ1v) is 4.95. The SMILES string of the molecule is Cc1ccccc1-n1cc(C#N)c(C=N)c1. The number of benzene rings is 1. The fourth-order valence-electron chi connectivity index (χ4n) is 1.67. The summed E-state index contributed by atoms with van der Waals surface area (Å²) >= 11 is 0. The first kappa shape index (κ1) is 10.2. The Morgan fingerprint density at radius 2 is 2.06 bits per heavy atom. The van der Waals surface area contributed by atoms with Gasteiger partial charge in [-0.3, -0.25) is 0 Å². The lowest BCUT2D eigenvalue weighted by Gasteiger charge is -2.05. The van der Waals surface area contributed by atoms with E-state index in [0.29, 0.717) is 11.1 Å². The molecule has 3 heteroatoms. The van der Waals surface area contributed by atoms with Crippen molar-refractivity contribution in [2.75, 3.05) is 0 Å². The van der Waals surface area contributed by atoms with Crippen LogP contribution in [-0.2, 0) is 0 Å². The average molecular weight is 209 g/mol. The fraction of sp³-hybridized carbons (Fsp3) is 0.0769. The molecule has 0 aliphatic rings. The maximum Gasteiger partial charge on any atom is 0.101 e. The molecule has 0 bridgehead atoms. The van der Waals surface area contributed by atoms with Crippen LogP contribution < -0.4 is 0 Å². The van der Waals surface area contributed by atoms with Crippen molar-refractivity contribution in [1.29, 1.82) is 10.7 Å². The van der Waals surface area contributed by atoms with Crippen molar-refractivity contribution in [3.05, 3.63) is 53.3 Å². The van der Waals surface area contributed by atoms with Gasteiger partial charge in [-0.25, -0.2) is 0 Å². The smallest absolute Gasteiger partial charge is 0.101 e. The summed E-state index contributed by atoms with van der Waals surface area (Å²) in [6.45, 7) is 2.02. The second-order valence-electron chi connectivity index (χ2n) is 3.58. The quantitative estimate of drug-likeness (QED) is 0.759. The summed E-state index contributed by atoms with van der Waals surface area (Å²) in [6.07, 6.45) is 4.75. The highest BCUT2D eigenvalue weighted by molar-refractivity contribution is 5.81. The number of nitrogens with zero attached hydrogens (tertiary/aromatic N) is 2. The molecule has 0 amide bonds. The van der Waals surface area contributed by atoms with Gasteiger partial charge in [0.15, 0.2) is 0 Å². The van der Waals surface area contributed by atoms with E-state index in [1.54, 1.807) is 12.4 Å². The van der Waals surface area contributed by atoms with Crippen LogP contribution in [-0.4, -0.2) is 10.8 Å². The number of rotatable bonds is 2. The maximum absolute atomic E-state index is 8.91. The van der Waals surface area contributed by atoms with Crippen LogP contribution in [0.15, 0.2) is 36.7 Å². The number of hydrogen-bond acceptors (Lipinski definition) is 2. The highest BCUT2D eigenvalue weighted by atomic mass is 15.0. The van der Waals surface area contributed by atoms with Gasteiger partial charge in [0.1, 0.15) is 6.07 Å². The molecule has 16 heavy (non-hydrogen) atoms. The van der Waals surface area contributed by atoms with Gasteiger partial charge in [0, 0.05) is 29.9 Å². The maximum atomic E-state index is 8.91. The lowest BCUT2D eigenvalue weighted by Crippen LogP contribution is -1.92. The van der Waals surface area contributed by atoms with Gasteiger partial charge in [0.25, 0.3) is 0 Å². The van der Waals surface area contributed by atoms with Gasteiger partial charge < -0.3 is 9.98 Å². The molecule has 0 aliphatic carbocycles. The van der Waals surface area contributed by atoms with Gasteiger partial charge >= 0.3 is 0 Å². The summed E-state index contributed by atoms with van der Waals surface area (Å²) in [5.41, 5.74) is 3.34. The van der Waals surface area contributed by atoms with Crippen molar-refractivity contribution in [3.8, 4) is 11.8 Å². The molecule has 2 aromatic rings. The van der Waals surface area contributed by atoms with Crippen LogP contribution in [0.25, 0.3) is 5.69 Å². The molecule has 78 valence electrons. The van der Waals surface area contributed by atoms with Crippen LogP contribution in [0, 0.1) is 23.7 Å². The summed E-state index contributed by atoms with van der Waals surface area (Å²) in [7, 11) is 0. The molecule has 0 saturated heterocycles. The van der Waals surface area contributed by atoms with Crippen molar-refractivity contribution in [1.82, 2.24) is 4.57 Å². The predicted molar refractivity (Wildman–Crippen MR) is 63.1 cm³/mol.